The fraction of sp³-hybridized carbons (Fsp3) is 0.389. The molecule has 2 rings (SSSR count). The monoisotopic (exact) mass is 427 g/mol. The van der Waals surface area contributed by atoms with Crippen LogP contribution in [0.3, 0.4) is 0 Å². The second-order valence-corrected chi connectivity index (χ2v) is 5.35. The van der Waals surface area contributed by atoms with Crippen LogP contribution in [-0.2, 0) is 13.0 Å². The minimum atomic E-state index is 0. The topological polar surface area (TPSA) is 40.8 Å². The smallest absolute Gasteiger partial charge is 0.193 e. The van der Waals surface area contributed by atoms with Crippen molar-refractivity contribution in [3.63, 3.8) is 0 Å². The Labute approximate surface area is 156 Å². The molecule has 1 aromatic heterocycles. The molecule has 0 radical (unpaired) electrons. The molecule has 0 saturated heterocycles. The highest BCUT2D eigenvalue weighted by molar-refractivity contribution is 14.0. The molecule has 23 heavy (non-hydrogen) atoms. The van der Waals surface area contributed by atoms with E-state index in [0.717, 1.165) is 31.2 Å². The summed E-state index contributed by atoms with van der Waals surface area (Å²) in [5.41, 5.74) is 2.63. The maximum absolute atomic E-state index is 5.34. The zero-order valence-corrected chi connectivity index (χ0v) is 16.4. The van der Waals surface area contributed by atoms with E-state index in [1.165, 1.54) is 11.1 Å². The van der Waals surface area contributed by atoms with E-state index in [-0.39, 0.29) is 24.0 Å². The lowest BCUT2D eigenvalue weighted by molar-refractivity contribution is 0.473. The van der Waals surface area contributed by atoms with Crippen molar-refractivity contribution in [2.45, 2.75) is 26.8 Å². The van der Waals surface area contributed by atoms with Gasteiger partial charge in [0.25, 0.3) is 0 Å². The van der Waals surface area contributed by atoms with E-state index < -0.39 is 0 Å². The van der Waals surface area contributed by atoms with Crippen molar-refractivity contribution in [2.75, 3.05) is 20.1 Å². The molecule has 5 heteroatoms. The van der Waals surface area contributed by atoms with Crippen molar-refractivity contribution in [2.24, 2.45) is 4.99 Å². The van der Waals surface area contributed by atoms with Crippen LogP contribution in [0.1, 0.15) is 23.8 Å². The van der Waals surface area contributed by atoms with E-state index in [4.69, 9.17) is 4.42 Å². The Morgan fingerprint density at radius 2 is 2.00 bits per heavy atom. The average molecular weight is 427 g/mol. The normalized spacial score (nSPS) is 11.0. The van der Waals surface area contributed by atoms with Crippen LogP contribution in [0.5, 0.6) is 0 Å². The molecule has 0 aliphatic carbocycles. The summed E-state index contributed by atoms with van der Waals surface area (Å²) in [4.78, 5) is 6.85. The zero-order valence-electron chi connectivity index (χ0n) is 14.1. The molecule has 0 atom stereocenters. The predicted octanol–water partition coefficient (Wildman–Crippen LogP) is 3.85. The highest BCUT2D eigenvalue weighted by Crippen LogP contribution is 2.09. The van der Waals surface area contributed by atoms with Gasteiger partial charge >= 0.3 is 0 Å². The summed E-state index contributed by atoms with van der Waals surface area (Å²) in [6.07, 6.45) is 2.52. The number of hydrogen-bond acceptors (Lipinski definition) is 2. The molecule has 4 nitrogen and oxygen atoms in total. The summed E-state index contributed by atoms with van der Waals surface area (Å²) in [7, 11) is 2.07. The lowest BCUT2D eigenvalue weighted by Gasteiger charge is -2.23. The first-order valence-corrected chi connectivity index (χ1v) is 7.77. The Morgan fingerprint density at radius 1 is 1.22 bits per heavy atom. The molecule has 0 aliphatic heterocycles. The Bertz CT molecular complexity index is 596. The SMILES string of the molecule is CCNC(=NCCc1ccco1)N(C)Cc1ccccc1C.I. The first-order chi connectivity index (χ1) is 10.7. The lowest BCUT2D eigenvalue weighted by Crippen LogP contribution is -2.38. The Morgan fingerprint density at radius 3 is 2.65 bits per heavy atom. The summed E-state index contributed by atoms with van der Waals surface area (Å²) in [5, 5.41) is 3.35. The molecule has 0 aliphatic rings. The van der Waals surface area contributed by atoms with Crippen LogP contribution in [0, 0.1) is 6.92 Å². The summed E-state index contributed by atoms with van der Waals surface area (Å²) in [5.74, 6) is 1.90. The van der Waals surface area contributed by atoms with Gasteiger partial charge in [0.2, 0.25) is 0 Å². The van der Waals surface area contributed by atoms with E-state index in [9.17, 15) is 0 Å². The third-order valence-electron chi connectivity index (χ3n) is 3.57. The second-order valence-electron chi connectivity index (χ2n) is 5.35. The summed E-state index contributed by atoms with van der Waals surface area (Å²) in [6, 6.07) is 12.4. The number of hydrogen-bond donors (Lipinski definition) is 1. The van der Waals surface area contributed by atoms with Crippen molar-refractivity contribution >= 4 is 29.9 Å². The van der Waals surface area contributed by atoms with Gasteiger partial charge in [0.15, 0.2) is 5.96 Å². The lowest BCUT2D eigenvalue weighted by atomic mass is 10.1. The van der Waals surface area contributed by atoms with Crippen molar-refractivity contribution in [3.05, 3.63) is 59.5 Å². The van der Waals surface area contributed by atoms with Crippen molar-refractivity contribution < 1.29 is 4.42 Å². The molecule has 1 heterocycles. The Hall–Kier alpha value is -1.50. The molecule has 0 unspecified atom stereocenters. The summed E-state index contributed by atoms with van der Waals surface area (Å²) < 4.78 is 5.34. The molecule has 0 bridgehead atoms. The third kappa shape index (κ3) is 6.25. The van der Waals surface area contributed by atoms with Crippen LogP contribution in [0.25, 0.3) is 0 Å². The van der Waals surface area contributed by atoms with Crippen LogP contribution >= 0.6 is 24.0 Å². The quantitative estimate of drug-likeness (QED) is 0.433. The minimum Gasteiger partial charge on any atom is -0.469 e. The van der Waals surface area contributed by atoms with E-state index in [2.05, 4.69) is 60.4 Å². The van der Waals surface area contributed by atoms with Gasteiger partial charge in [0, 0.05) is 33.1 Å². The number of aryl methyl sites for hydroxylation is 1. The molecule has 1 N–H and O–H groups in total. The number of rotatable bonds is 6. The summed E-state index contributed by atoms with van der Waals surface area (Å²) in [6.45, 7) is 6.65. The number of aliphatic imine (C=N–C) groups is 1. The molecule has 1 aromatic carbocycles. The van der Waals surface area contributed by atoms with Gasteiger partial charge in [-0.15, -0.1) is 24.0 Å². The van der Waals surface area contributed by atoms with Crippen LogP contribution in [0.15, 0.2) is 52.1 Å². The van der Waals surface area contributed by atoms with Gasteiger partial charge in [-0.3, -0.25) is 4.99 Å². The van der Waals surface area contributed by atoms with Gasteiger partial charge in [-0.05, 0) is 37.1 Å². The fourth-order valence-corrected chi connectivity index (χ4v) is 2.31. The molecule has 126 valence electrons. The van der Waals surface area contributed by atoms with Crippen LogP contribution in [-0.4, -0.2) is 31.0 Å². The van der Waals surface area contributed by atoms with Gasteiger partial charge in [0.05, 0.1) is 6.26 Å². The molecule has 0 amide bonds. The number of nitrogens with zero attached hydrogens (tertiary/aromatic N) is 2. The van der Waals surface area contributed by atoms with E-state index in [1.807, 2.05) is 12.1 Å². The molecule has 2 aromatic rings. The highest BCUT2D eigenvalue weighted by atomic mass is 127. The van der Waals surface area contributed by atoms with Gasteiger partial charge < -0.3 is 14.6 Å². The largest absolute Gasteiger partial charge is 0.469 e. The van der Waals surface area contributed by atoms with Crippen LogP contribution in [0.4, 0.5) is 0 Å². The number of furan rings is 1. The first-order valence-electron chi connectivity index (χ1n) is 7.77. The van der Waals surface area contributed by atoms with E-state index in [0.29, 0.717) is 6.54 Å². The molecular formula is C18H26IN3O. The third-order valence-corrected chi connectivity index (χ3v) is 3.57. The van der Waals surface area contributed by atoms with Crippen LogP contribution < -0.4 is 5.32 Å². The highest BCUT2D eigenvalue weighted by Gasteiger charge is 2.07. The van der Waals surface area contributed by atoms with Crippen molar-refractivity contribution in [1.29, 1.82) is 0 Å². The number of halogens is 1. The maximum Gasteiger partial charge on any atom is 0.193 e. The predicted molar refractivity (Wildman–Crippen MR) is 106 cm³/mol. The standard InChI is InChI=1S/C18H25N3O.HI/c1-4-19-18(20-12-11-17-10-7-13-22-17)21(3)14-16-9-6-5-8-15(16)2;/h5-10,13H,4,11-12,14H2,1-3H3,(H,19,20);1H. The number of nitrogens with one attached hydrogen (secondary N) is 1. The maximum atomic E-state index is 5.34. The molecule has 0 spiro atoms. The Balaban J connectivity index is 0.00000264. The van der Waals surface area contributed by atoms with Crippen LogP contribution in [0.2, 0.25) is 0 Å². The summed E-state index contributed by atoms with van der Waals surface area (Å²) >= 11 is 0. The molecule has 0 fully saturated rings. The molecular weight excluding hydrogens is 401 g/mol. The van der Waals surface area contributed by atoms with Gasteiger partial charge in [-0.25, -0.2) is 0 Å². The van der Waals surface area contributed by atoms with E-state index in [1.54, 1.807) is 6.26 Å². The van der Waals surface area contributed by atoms with Crippen molar-refractivity contribution in [3.8, 4) is 0 Å². The zero-order chi connectivity index (χ0) is 15.8. The van der Waals surface area contributed by atoms with Crippen molar-refractivity contribution in [1.82, 2.24) is 10.2 Å². The average Bonchev–Trinajstić information content (AvgIpc) is 3.02. The number of guanidine groups is 1. The van der Waals surface area contributed by atoms with E-state index >= 15 is 0 Å². The minimum absolute atomic E-state index is 0. The Kier molecular flexibility index (Phi) is 8.76. The van der Waals surface area contributed by atoms with Gasteiger partial charge in [0.1, 0.15) is 5.76 Å². The number of benzene rings is 1. The first kappa shape index (κ1) is 19.5. The van der Waals surface area contributed by atoms with Gasteiger partial charge in [-0.1, -0.05) is 24.3 Å². The van der Waals surface area contributed by atoms with Gasteiger partial charge in [-0.2, -0.15) is 0 Å². The fourth-order valence-electron chi connectivity index (χ4n) is 2.31. The second kappa shape index (κ2) is 10.3. The molecule has 0 saturated carbocycles.